The van der Waals surface area contributed by atoms with Gasteiger partial charge in [-0.1, -0.05) is 18.5 Å². The third-order valence-electron chi connectivity index (χ3n) is 2.36. The van der Waals surface area contributed by atoms with Gasteiger partial charge < -0.3 is 11.1 Å². The van der Waals surface area contributed by atoms with Gasteiger partial charge in [-0.3, -0.25) is 14.2 Å². The number of nitrogens with zero attached hydrogens (tertiary/aromatic N) is 2. The molecule has 0 saturated heterocycles. The third kappa shape index (κ3) is 3.45. The number of nitrogen functional groups attached to an aromatic ring is 1. The summed E-state index contributed by atoms with van der Waals surface area (Å²) in [5, 5.41) is 2.69. The predicted octanol–water partition coefficient (Wildman–Crippen LogP) is 0.394. The predicted molar refractivity (Wildman–Crippen MR) is 65.8 cm³/mol. The molecule has 0 aromatic carbocycles. The molecule has 1 aromatic rings. The maximum Gasteiger partial charge on any atom is 0.278 e. The van der Waals surface area contributed by atoms with Crippen LogP contribution >= 0.6 is 11.6 Å². The minimum absolute atomic E-state index is 0.0476. The molecule has 1 aromatic heterocycles. The average molecular weight is 259 g/mol. The highest BCUT2D eigenvalue weighted by Gasteiger charge is 2.10. The van der Waals surface area contributed by atoms with E-state index < -0.39 is 5.56 Å². The molecule has 17 heavy (non-hydrogen) atoms. The maximum atomic E-state index is 11.6. The van der Waals surface area contributed by atoms with E-state index in [0.717, 1.165) is 11.0 Å². The molecule has 7 heteroatoms. The Labute approximate surface area is 104 Å². The Morgan fingerprint density at radius 1 is 1.71 bits per heavy atom. The Morgan fingerprint density at radius 2 is 2.35 bits per heavy atom. The summed E-state index contributed by atoms with van der Waals surface area (Å²) in [6, 6.07) is 0.0656. The fourth-order valence-corrected chi connectivity index (χ4v) is 1.30. The second-order valence-corrected chi connectivity index (χ2v) is 4.12. The molecular weight excluding hydrogens is 244 g/mol. The van der Waals surface area contributed by atoms with Crippen LogP contribution in [-0.2, 0) is 11.3 Å². The van der Waals surface area contributed by atoms with Gasteiger partial charge in [0.25, 0.3) is 5.56 Å². The third-order valence-corrected chi connectivity index (χ3v) is 2.66. The van der Waals surface area contributed by atoms with Gasteiger partial charge in [-0.25, -0.2) is 4.98 Å². The van der Waals surface area contributed by atoms with Gasteiger partial charge >= 0.3 is 0 Å². The van der Waals surface area contributed by atoms with Crippen molar-refractivity contribution in [3.63, 3.8) is 0 Å². The molecule has 1 atom stereocenters. The van der Waals surface area contributed by atoms with E-state index in [1.807, 2.05) is 13.8 Å². The number of amides is 1. The van der Waals surface area contributed by atoms with E-state index >= 15 is 0 Å². The molecule has 0 aliphatic heterocycles. The molecule has 0 bridgehead atoms. The zero-order valence-corrected chi connectivity index (χ0v) is 10.5. The summed E-state index contributed by atoms with van der Waals surface area (Å²) in [4.78, 5) is 26.9. The van der Waals surface area contributed by atoms with Crippen LogP contribution in [0.4, 0.5) is 5.69 Å². The first-order valence-electron chi connectivity index (χ1n) is 5.25. The second-order valence-electron chi connectivity index (χ2n) is 3.76. The standard InChI is InChI=1S/C10H15ClN4O2/c1-3-6(2)14-7(16)4-15-5-13-9(11)8(12)10(15)17/h5-6H,3-4,12H2,1-2H3,(H,14,16). The molecule has 0 aliphatic rings. The average Bonchev–Trinajstić information content (AvgIpc) is 2.29. The zero-order valence-electron chi connectivity index (χ0n) is 9.74. The quantitative estimate of drug-likeness (QED) is 0.765. The van der Waals surface area contributed by atoms with Crippen LogP contribution in [0, 0.1) is 0 Å². The van der Waals surface area contributed by atoms with E-state index in [-0.39, 0.29) is 29.3 Å². The number of hydrogen-bond donors (Lipinski definition) is 2. The van der Waals surface area contributed by atoms with Gasteiger partial charge in [0.2, 0.25) is 5.91 Å². The molecule has 6 nitrogen and oxygen atoms in total. The van der Waals surface area contributed by atoms with Crippen LogP contribution in [0.25, 0.3) is 0 Å². The van der Waals surface area contributed by atoms with Gasteiger partial charge in [-0.15, -0.1) is 0 Å². The number of aromatic nitrogens is 2. The van der Waals surface area contributed by atoms with Crippen molar-refractivity contribution in [2.75, 3.05) is 5.73 Å². The van der Waals surface area contributed by atoms with Crippen LogP contribution in [0.5, 0.6) is 0 Å². The zero-order chi connectivity index (χ0) is 13.0. The fraction of sp³-hybridized carbons (Fsp3) is 0.500. The summed E-state index contributed by atoms with van der Waals surface area (Å²) in [5.41, 5.74) is 4.77. The molecule has 0 aliphatic carbocycles. The Kier molecular flexibility index (Phi) is 4.51. The molecule has 0 spiro atoms. The number of anilines is 1. The fourth-order valence-electron chi connectivity index (χ4n) is 1.18. The highest BCUT2D eigenvalue weighted by molar-refractivity contribution is 6.31. The Bertz CT molecular complexity index is 472. The minimum Gasteiger partial charge on any atom is -0.392 e. The van der Waals surface area contributed by atoms with E-state index in [1.54, 1.807) is 0 Å². The number of carbonyl (C=O) groups excluding carboxylic acids is 1. The second kappa shape index (κ2) is 5.67. The van der Waals surface area contributed by atoms with Crippen LogP contribution in [0.1, 0.15) is 20.3 Å². The molecule has 0 fully saturated rings. The largest absolute Gasteiger partial charge is 0.392 e. The van der Waals surface area contributed by atoms with Crippen LogP contribution in [0.15, 0.2) is 11.1 Å². The molecule has 3 N–H and O–H groups in total. The number of halogens is 1. The molecular formula is C10H15ClN4O2. The molecule has 1 rings (SSSR count). The molecule has 1 unspecified atom stereocenters. The summed E-state index contributed by atoms with van der Waals surface area (Å²) >= 11 is 5.58. The molecule has 94 valence electrons. The van der Waals surface area contributed by atoms with E-state index in [9.17, 15) is 9.59 Å². The van der Waals surface area contributed by atoms with Gasteiger partial charge in [0, 0.05) is 6.04 Å². The van der Waals surface area contributed by atoms with Crippen molar-refractivity contribution in [2.24, 2.45) is 0 Å². The molecule has 1 heterocycles. The van der Waals surface area contributed by atoms with E-state index in [1.165, 1.54) is 6.33 Å². The van der Waals surface area contributed by atoms with Gasteiger partial charge in [0.15, 0.2) is 5.15 Å². The first-order valence-corrected chi connectivity index (χ1v) is 5.63. The summed E-state index contributed by atoms with van der Waals surface area (Å²) in [7, 11) is 0. The number of nitrogens with two attached hydrogens (primary N) is 1. The van der Waals surface area contributed by atoms with Crippen LogP contribution in [0.3, 0.4) is 0 Å². The van der Waals surface area contributed by atoms with Crippen molar-refractivity contribution in [1.29, 1.82) is 0 Å². The molecule has 0 radical (unpaired) electrons. The smallest absolute Gasteiger partial charge is 0.278 e. The summed E-state index contributed by atoms with van der Waals surface area (Å²) in [6.07, 6.45) is 2.03. The van der Waals surface area contributed by atoms with Crippen molar-refractivity contribution in [3.8, 4) is 0 Å². The lowest BCUT2D eigenvalue weighted by Gasteiger charge is -2.12. The Hall–Kier alpha value is -1.56. The topological polar surface area (TPSA) is 90.0 Å². The summed E-state index contributed by atoms with van der Waals surface area (Å²) in [6.45, 7) is 3.73. The minimum atomic E-state index is -0.510. The lowest BCUT2D eigenvalue weighted by molar-refractivity contribution is -0.122. The Morgan fingerprint density at radius 3 is 2.94 bits per heavy atom. The van der Waals surface area contributed by atoms with E-state index in [0.29, 0.717) is 0 Å². The number of rotatable bonds is 4. The van der Waals surface area contributed by atoms with Gasteiger partial charge in [0.1, 0.15) is 12.2 Å². The SMILES string of the molecule is CCC(C)NC(=O)Cn1cnc(Cl)c(N)c1=O. The lowest BCUT2D eigenvalue weighted by atomic mass is 10.2. The van der Waals surface area contributed by atoms with Crippen LogP contribution in [-0.4, -0.2) is 21.5 Å². The molecule has 1 amide bonds. The number of nitrogens with one attached hydrogen (secondary N) is 1. The summed E-state index contributed by atoms with van der Waals surface area (Å²) in [5.74, 6) is -0.259. The normalized spacial score (nSPS) is 12.2. The van der Waals surface area contributed by atoms with Crippen molar-refractivity contribution in [2.45, 2.75) is 32.9 Å². The lowest BCUT2D eigenvalue weighted by Crippen LogP contribution is -2.37. The monoisotopic (exact) mass is 258 g/mol. The number of carbonyl (C=O) groups is 1. The van der Waals surface area contributed by atoms with Crippen molar-refractivity contribution < 1.29 is 4.79 Å². The van der Waals surface area contributed by atoms with E-state index in [4.69, 9.17) is 17.3 Å². The number of hydrogen-bond acceptors (Lipinski definition) is 4. The molecule has 0 saturated carbocycles. The van der Waals surface area contributed by atoms with Crippen LogP contribution < -0.4 is 16.6 Å². The van der Waals surface area contributed by atoms with Crippen molar-refractivity contribution in [1.82, 2.24) is 14.9 Å². The first-order chi connectivity index (χ1) is 7.95. The van der Waals surface area contributed by atoms with E-state index in [2.05, 4.69) is 10.3 Å². The highest BCUT2D eigenvalue weighted by atomic mass is 35.5. The highest BCUT2D eigenvalue weighted by Crippen LogP contribution is 2.07. The Balaban J connectivity index is 2.80. The van der Waals surface area contributed by atoms with Crippen molar-refractivity contribution in [3.05, 3.63) is 21.8 Å². The van der Waals surface area contributed by atoms with Gasteiger partial charge in [0.05, 0.1) is 6.33 Å². The van der Waals surface area contributed by atoms with Gasteiger partial charge in [-0.05, 0) is 13.3 Å². The first kappa shape index (κ1) is 13.5. The van der Waals surface area contributed by atoms with Crippen LogP contribution in [0.2, 0.25) is 5.15 Å². The summed E-state index contributed by atoms with van der Waals surface area (Å²) < 4.78 is 1.12. The van der Waals surface area contributed by atoms with Crippen molar-refractivity contribution >= 4 is 23.2 Å². The van der Waals surface area contributed by atoms with Gasteiger partial charge in [-0.2, -0.15) is 0 Å². The maximum absolute atomic E-state index is 11.6.